The van der Waals surface area contributed by atoms with E-state index in [4.69, 9.17) is 0 Å². The number of amides is 4. The van der Waals surface area contributed by atoms with E-state index in [1.165, 1.54) is 18.2 Å². The van der Waals surface area contributed by atoms with Gasteiger partial charge in [-0.2, -0.15) is 11.8 Å². The van der Waals surface area contributed by atoms with Gasteiger partial charge < -0.3 is 10.6 Å². The fraction of sp³-hybridized carbons (Fsp3) is 0.357. The molecule has 2 N–H and O–H groups in total. The molecule has 1 aliphatic heterocycles. The molecule has 118 valence electrons. The second-order valence-corrected chi connectivity index (χ2v) is 5.75. The van der Waals surface area contributed by atoms with Gasteiger partial charge in [-0.3, -0.25) is 14.5 Å². The quantitative estimate of drug-likeness (QED) is 0.776. The highest BCUT2D eigenvalue weighted by Gasteiger charge is 2.38. The maximum absolute atomic E-state index is 13.0. The third-order valence-corrected chi connectivity index (χ3v) is 3.77. The van der Waals surface area contributed by atoms with Gasteiger partial charge in [0.1, 0.15) is 18.4 Å². The average Bonchev–Trinajstić information content (AvgIpc) is 2.72. The van der Waals surface area contributed by atoms with Gasteiger partial charge in [0, 0.05) is 5.69 Å². The molecule has 0 aliphatic carbocycles. The fourth-order valence-corrected chi connectivity index (χ4v) is 2.54. The van der Waals surface area contributed by atoms with Crippen molar-refractivity contribution >= 4 is 35.3 Å². The van der Waals surface area contributed by atoms with Crippen molar-refractivity contribution in [3.8, 4) is 0 Å². The molecule has 1 aromatic carbocycles. The third kappa shape index (κ3) is 3.97. The molecule has 2 rings (SSSR count). The Morgan fingerprint density at radius 2 is 2.23 bits per heavy atom. The van der Waals surface area contributed by atoms with Crippen molar-refractivity contribution in [2.45, 2.75) is 12.5 Å². The van der Waals surface area contributed by atoms with Crippen LogP contribution in [0.2, 0.25) is 0 Å². The molecular formula is C14H16FN3O3S. The molecular weight excluding hydrogens is 309 g/mol. The normalized spacial score (nSPS) is 17.5. The predicted octanol–water partition coefficient (Wildman–Crippen LogP) is 1.44. The molecule has 0 radical (unpaired) electrons. The lowest BCUT2D eigenvalue weighted by Crippen LogP contribution is -2.38. The molecule has 1 heterocycles. The fourth-order valence-electron chi connectivity index (χ4n) is 2.07. The molecule has 0 bridgehead atoms. The number of hydrogen-bond donors (Lipinski definition) is 2. The number of thioether (sulfide) groups is 1. The monoisotopic (exact) mass is 325 g/mol. The summed E-state index contributed by atoms with van der Waals surface area (Å²) in [4.78, 5) is 36.6. The van der Waals surface area contributed by atoms with Crippen LogP contribution in [0.3, 0.4) is 0 Å². The Balaban J connectivity index is 1.93. The van der Waals surface area contributed by atoms with Crippen LogP contribution in [0.1, 0.15) is 6.42 Å². The minimum Gasteiger partial charge on any atom is -0.326 e. The van der Waals surface area contributed by atoms with Gasteiger partial charge in [0.05, 0.1) is 0 Å². The number of carbonyl (C=O) groups excluding carboxylic acids is 3. The van der Waals surface area contributed by atoms with Gasteiger partial charge in [-0.15, -0.1) is 0 Å². The Morgan fingerprint density at radius 1 is 1.45 bits per heavy atom. The molecule has 1 fully saturated rings. The summed E-state index contributed by atoms with van der Waals surface area (Å²) in [5, 5.41) is 5.00. The van der Waals surface area contributed by atoms with E-state index in [0.717, 1.165) is 16.7 Å². The van der Waals surface area contributed by atoms with Gasteiger partial charge in [-0.1, -0.05) is 6.07 Å². The van der Waals surface area contributed by atoms with E-state index in [1.54, 1.807) is 11.8 Å². The Kier molecular flexibility index (Phi) is 5.37. The first kappa shape index (κ1) is 16.3. The van der Waals surface area contributed by atoms with Gasteiger partial charge in [-0.05, 0) is 36.6 Å². The number of hydrogen-bond acceptors (Lipinski definition) is 4. The highest BCUT2D eigenvalue weighted by atomic mass is 32.2. The first-order valence-corrected chi connectivity index (χ1v) is 8.07. The van der Waals surface area contributed by atoms with E-state index in [-0.39, 0.29) is 5.69 Å². The summed E-state index contributed by atoms with van der Waals surface area (Å²) >= 11 is 1.57. The SMILES string of the molecule is CSCC[C@@H]1NC(=O)N(CC(=O)Nc2cccc(F)c2)C1=O. The van der Waals surface area contributed by atoms with Crippen LogP contribution in [0.5, 0.6) is 0 Å². The first-order chi connectivity index (χ1) is 10.5. The van der Waals surface area contributed by atoms with Crippen molar-refractivity contribution in [1.29, 1.82) is 0 Å². The molecule has 1 aliphatic rings. The minimum absolute atomic E-state index is 0.274. The highest BCUT2D eigenvalue weighted by molar-refractivity contribution is 7.98. The lowest BCUT2D eigenvalue weighted by Gasteiger charge is -2.13. The number of imide groups is 1. The molecule has 0 saturated carbocycles. The Morgan fingerprint density at radius 3 is 2.91 bits per heavy atom. The zero-order chi connectivity index (χ0) is 16.1. The van der Waals surface area contributed by atoms with Crippen molar-refractivity contribution in [2.75, 3.05) is 23.9 Å². The van der Waals surface area contributed by atoms with Crippen LogP contribution < -0.4 is 10.6 Å². The molecule has 8 heteroatoms. The topological polar surface area (TPSA) is 78.5 Å². The number of anilines is 1. The Labute approximate surface area is 131 Å². The van der Waals surface area contributed by atoms with E-state index in [0.29, 0.717) is 6.42 Å². The van der Waals surface area contributed by atoms with Crippen LogP contribution in [-0.2, 0) is 9.59 Å². The standard InChI is InChI=1S/C14H16FN3O3S/c1-22-6-5-11-13(20)18(14(21)17-11)8-12(19)16-10-4-2-3-9(15)7-10/h2-4,7,11H,5-6,8H2,1H3,(H,16,19)(H,17,21)/t11-/m0/s1. The summed E-state index contributed by atoms with van der Waals surface area (Å²) in [5.74, 6) is -0.710. The highest BCUT2D eigenvalue weighted by Crippen LogP contribution is 2.13. The van der Waals surface area contributed by atoms with Crippen LogP contribution in [0, 0.1) is 5.82 Å². The molecule has 1 saturated heterocycles. The van der Waals surface area contributed by atoms with Gasteiger partial charge in [-0.25, -0.2) is 9.18 Å². The van der Waals surface area contributed by atoms with Crippen molar-refractivity contribution in [2.24, 2.45) is 0 Å². The first-order valence-electron chi connectivity index (χ1n) is 6.67. The maximum atomic E-state index is 13.0. The van der Waals surface area contributed by atoms with Gasteiger partial charge in [0.15, 0.2) is 0 Å². The zero-order valence-corrected chi connectivity index (χ0v) is 12.8. The van der Waals surface area contributed by atoms with Gasteiger partial charge in [0.2, 0.25) is 5.91 Å². The van der Waals surface area contributed by atoms with Crippen LogP contribution >= 0.6 is 11.8 Å². The average molecular weight is 325 g/mol. The molecule has 0 spiro atoms. The van der Waals surface area contributed by atoms with E-state index < -0.39 is 36.2 Å². The minimum atomic E-state index is -0.582. The van der Waals surface area contributed by atoms with Crippen LogP contribution in [0.25, 0.3) is 0 Å². The van der Waals surface area contributed by atoms with Gasteiger partial charge >= 0.3 is 6.03 Å². The van der Waals surface area contributed by atoms with Crippen molar-refractivity contribution < 1.29 is 18.8 Å². The molecule has 4 amide bonds. The van der Waals surface area contributed by atoms with E-state index in [9.17, 15) is 18.8 Å². The molecule has 1 aromatic rings. The molecule has 22 heavy (non-hydrogen) atoms. The summed E-state index contributed by atoms with van der Waals surface area (Å²) < 4.78 is 13.0. The van der Waals surface area contributed by atoms with Crippen molar-refractivity contribution in [3.63, 3.8) is 0 Å². The number of carbonyl (C=O) groups is 3. The summed E-state index contributed by atoms with van der Waals surface area (Å²) in [6, 6.07) is 4.23. The Bertz CT molecular complexity index is 596. The number of halogens is 1. The van der Waals surface area contributed by atoms with E-state index in [1.807, 2.05) is 6.26 Å². The maximum Gasteiger partial charge on any atom is 0.325 e. The van der Waals surface area contributed by atoms with Crippen LogP contribution in [0.4, 0.5) is 14.9 Å². The van der Waals surface area contributed by atoms with Crippen LogP contribution in [-0.4, -0.2) is 47.3 Å². The second-order valence-electron chi connectivity index (χ2n) is 4.77. The van der Waals surface area contributed by atoms with E-state index in [2.05, 4.69) is 10.6 Å². The summed E-state index contributed by atoms with van der Waals surface area (Å²) in [5.41, 5.74) is 0.274. The number of nitrogens with one attached hydrogen (secondary N) is 2. The largest absolute Gasteiger partial charge is 0.326 e. The summed E-state index contributed by atoms with van der Waals surface area (Å²) in [6.07, 6.45) is 2.43. The summed E-state index contributed by atoms with van der Waals surface area (Å²) in [7, 11) is 0. The third-order valence-electron chi connectivity index (χ3n) is 3.13. The number of nitrogens with zero attached hydrogens (tertiary/aromatic N) is 1. The van der Waals surface area contributed by atoms with Crippen molar-refractivity contribution in [1.82, 2.24) is 10.2 Å². The van der Waals surface area contributed by atoms with Crippen molar-refractivity contribution in [3.05, 3.63) is 30.1 Å². The molecule has 0 aromatic heterocycles. The number of benzene rings is 1. The van der Waals surface area contributed by atoms with Crippen LogP contribution in [0.15, 0.2) is 24.3 Å². The number of rotatable bonds is 6. The smallest absolute Gasteiger partial charge is 0.325 e. The Hall–Kier alpha value is -2.09. The molecule has 1 atom stereocenters. The lowest BCUT2D eigenvalue weighted by atomic mass is 10.2. The van der Waals surface area contributed by atoms with E-state index >= 15 is 0 Å². The number of urea groups is 1. The predicted molar refractivity (Wildman–Crippen MR) is 82.1 cm³/mol. The molecule has 6 nitrogen and oxygen atoms in total. The zero-order valence-electron chi connectivity index (χ0n) is 12.0. The lowest BCUT2D eigenvalue weighted by molar-refractivity contribution is -0.130. The molecule has 0 unspecified atom stereocenters. The summed E-state index contributed by atoms with van der Waals surface area (Å²) in [6.45, 7) is -0.392. The van der Waals surface area contributed by atoms with Gasteiger partial charge in [0.25, 0.3) is 5.91 Å². The second kappa shape index (κ2) is 7.26.